The predicted octanol–water partition coefficient (Wildman–Crippen LogP) is 6.45. The molecule has 0 fully saturated rings. The van der Waals surface area contributed by atoms with Crippen LogP contribution in [0.25, 0.3) is 11.1 Å². The third-order valence-corrected chi connectivity index (χ3v) is 4.59. The van der Waals surface area contributed by atoms with Gasteiger partial charge in [0.25, 0.3) is 5.69 Å². The lowest BCUT2D eigenvalue weighted by Gasteiger charge is -2.13. The van der Waals surface area contributed by atoms with E-state index in [1.54, 1.807) is 30.3 Å². The molecular weight excluding hydrogens is 397 g/mol. The monoisotopic (exact) mass is 405 g/mol. The van der Waals surface area contributed by atoms with Crippen LogP contribution >= 0.6 is 34.8 Å². The molecule has 0 aliphatic rings. The molecule has 0 amide bonds. The van der Waals surface area contributed by atoms with Gasteiger partial charge in [-0.15, -0.1) is 0 Å². The molecule has 3 aromatic rings. The Morgan fingerprint density at radius 1 is 0.885 bits per heavy atom. The highest BCUT2D eigenvalue weighted by atomic mass is 35.5. The Kier molecular flexibility index (Phi) is 5.28. The van der Waals surface area contributed by atoms with Crippen molar-refractivity contribution < 1.29 is 9.72 Å². The maximum absolute atomic E-state index is 12.9. The molecule has 0 N–H and O–H groups in total. The molecule has 0 heterocycles. The van der Waals surface area contributed by atoms with Crippen LogP contribution in [0.15, 0.2) is 60.7 Å². The summed E-state index contributed by atoms with van der Waals surface area (Å²) < 4.78 is 0. The maximum atomic E-state index is 12.9. The molecule has 0 radical (unpaired) electrons. The number of nitro benzene ring substituents is 1. The Balaban J connectivity index is 2.27. The van der Waals surface area contributed by atoms with Gasteiger partial charge in [0, 0.05) is 39.4 Å². The summed E-state index contributed by atoms with van der Waals surface area (Å²) in [7, 11) is 0. The number of carbonyl (C=O) groups excluding carboxylic acids is 1. The van der Waals surface area contributed by atoms with Crippen LogP contribution in [0, 0.1) is 10.1 Å². The highest BCUT2D eigenvalue weighted by Crippen LogP contribution is 2.40. The highest BCUT2D eigenvalue weighted by Gasteiger charge is 2.22. The molecule has 0 aliphatic carbocycles. The van der Waals surface area contributed by atoms with Gasteiger partial charge in [-0.2, -0.15) is 0 Å². The first-order chi connectivity index (χ1) is 12.4. The zero-order chi connectivity index (χ0) is 18.8. The van der Waals surface area contributed by atoms with E-state index in [0.29, 0.717) is 16.1 Å². The van der Waals surface area contributed by atoms with Gasteiger partial charge in [-0.1, -0.05) is 65.1 Å². The van der Waals surface area contributed by atoms with Crippen LogP contribution in [0.5, 0.6) is 0 Å². The van der Waals surface area contributed by atoms with Gasteiger partial charge in [-0.25, -0.2) is 0 Å². The Morgan fingerprint density at radius 2 is 1.50 bits per heavy atom. The molecule has 0 saturated heterocycles. The van der Waals surface area contributed by atoms with E-state index in [1.807, 2.05) is 0 Å². The molecule has 0 unspecified atom stereocenters. The first-order valence-electron chi connectivity index (χ1n) is 7.41. The lowest BCUT2D eigenvalue weighted by molar-refractivity contribution is -0.384. The molecule has 7 heteroatoms. The fourth-order valence-electron chi connectivity index (χ4n) is 2.60. The fraction of sp³-hybridized carbons (Fsp3) is 0. The van der Waals surface area contributed by atoms with Gasteiger partial charge < -0.3 is 0 Å². The molecule has 0 atom stereocenters. The Labute approximate surface area is 164 Å². The zero-order valence-electron chi connectivity index (χ0n) is 13.1. The largest absolute Gasteiger partial charge is 0.289 e. The number of halogens is 3. The summed E-state index contributed by atoms with van der Waals surface area (Å²) in [6, 6.07) is 15.5. The summed E-state index contributed by atoms with van der Waals surface area (Å²) in [5.41, 5.74) is 1.13. The number of nitrogens with zero attached hydrogens (tertiary/aromatic N) is 1. The van der Waals surface area contributed by atoms with E-state index in [2.05, 4.69) is 0 Å². The quantitative estimate of drug-likeness (QED) is 0.284. The number of rotatable bonds is 4. The number of ketones is 1. The van der Waals surface area contributed by atoms with Gasteiger partial charge in [0.1, 0.15) is 0 Å². The van der Waals surface area contributed by atoms with Crippen molar-refractivity contribution in [3.05, 3.63) is 97.0 Å². The van der Waals surface area contributed by atoms with E-state index >= 15 is 0 Å². The third kappa shape index (κ3) is 3.58. The third-order valence-electron chi connectivity index (χ3n) is 3.77. The molecule has 130 valence electrons. The summed E-state index contributed by atoms with van der Waals surface area (Å²) in [4.78, 5) is 23.6. The van der Waals surface area contributed by atoms with Crippen LogP contribution in [-0.2, 0) is 0 Å². The summed E-state index contributed by atoms with van der Waals surface area (Å²) >= 11 is 18.5. The molecule has 0 spiro atoms. The normalized spacial score (nSPS) is 10.6. The average Bonchev–Trinajstić information content (AvgIpc) is 2.61. The summed E-state index contributed by atoms with van der Waals surface area (Å²) in [5.74, 6) is -0.294. The number of nitro groups is 1. The molecular formula is C19H10Cl3NO3. The van der Waals surface area contributed by atoms with Crippen molar-refractivity contribution >= 4 is 46.3 Å². The van der Waals surface area contributed by atoms with Gasteiger partial charge in [-0.3, -0.25) is 14.9 Å². The van der Waals surface area contributed by atoms with Crippen LogP contribution < -0.4 is 0 Å². The molecule has 3 aromatic carbocycles. The van der Waals surface area contributed by atoms with Gasteiger partial charge in [-0.05, 0) is 18.2 Å². The van der Waals surface area contributed by atoms with E-state index < -0.39 is 4.92 Å². The van der Waals surface area contributed by atoms with E-state index in [9.17, 15) is 14.9 Å². The van der Waals surface area contributed by atoms with E-state index in [1.165, 1.54) is 30.3 Å². The van der Waals surface area contributed by atoms with Crippen LogP contribution in [0.1, 0.15) is 15.9 Å². The maximum Gasteiger partial charge on any atom is 0.270 e. The second-order valence-corrected chi connectivity index (χ2v) is 6.68. The average molecular weight is 407 g/mol. The SMILES string of the molecule is O=C(c1ccccc1)c1ccc([N+](=O)[O-])cc1-c1c(Cl)cc(Cl)cc1Cl. The number of hydrogen-bond donors (Lipinski definition) is 0. The van der Waals surface area contributed by atoms with E-state index in [0.717, 1.165) is 0 Å². The van der Waals surface area contributed by atoms with Crippen molar-refractivity contribution in [3.8, 4) is 11.1 Å². The van der Waals surface area contributed by atoms with Crippen LogP contribution in [0.3, 0.4) is 0 Å². The first-order valence-corrected chi connectivity index (χ1v) is 8.55. The van der Waals surface area contributed by atoms with Crippen molar-refractivity contribution in [2.75, 3.05) is 0 Å². The van der Waals surface area contributed by atoms with Crippen molar-refractivity contribution in [2.45, 2.75) is 0 Å². The topological polar surface area (TPSA) is 60.2 Å². The van der Waals surface area contributed by atoms with E-state index in [-0.39, 0.29) is 32.6 Å². The first kappa shape index (κ1) is 18.4. The number of carbonyl (C=O) groups is 1. The minimum absolute atomic E-state index is 0.174. The molecule has 26 heavy (non-hydrogen) atoms. The lowest BCUT2D eigenvalue weighted by Crippen LogP contribution is -2.04. The van der Waals surface area contributed by atoms with Crippen LogP contribution in [0.2, 0.25) is 15.1 Å². The molecule has 0 aromatic heterocycles. The summed E-state index contributed by atoms with van der Waals surface area (Å²) in [5, 5.41) is 11.9. The van der Waals surface area contributed by atoms with Gasteiger partial charge in [0.15, 0.2) is 5.78 Å². The highest BCUT2D eigenvalue weighted by molar-refractivity contribution is 6.42. The summed E-state index contributed by atoms with van der Waals surface area (Å²) in [6.07, 6.45) is 0. The molecule has 0 saturated carbocycles. The van der Waals surface area contributed by atoms with Gasteiger partial charge in [0.2, 0.25) is 0 Å². The second-order valence-electron chi connectivity index (χ2n) is 5.43. The van der Waals surface area contributed by atoms with Crippen molar-refractivity contribution in [2.24, 2.45) is 0 Å². The number of non-ortho nitro benzene ring substituents is 1. The Morgan fingerprint density at radius 3 is 2.08 bits per heavy atom. The molecule has 4 nitrogen and oxygen atoms in total. The van der Waals surface area contributed by atoms with Crippen molar-refractivity contribution in [1.82, 2.24) is 0 Å². The van der Waals surface area contributed by atoms with Crippen LogP contribution in [-0.4, -0.2) is 10.7 Å². The van der Waals surface area contributed by atoms with Crippen molar-refractivity contribution in [3.63, 3.8) is 0 Å². The zero-order valence-corrected chi connectivity index (χ0v) is 15.3. The minimum atomic E-state index is -0.544. The predicted molar refractivity (Wildman–Crippen MR) is 103 cm³/mol. The Bertz CT molecular complexity index is 997. The fourth-order valence-corrected chi connectivity index (χ4v) is 3.62. The van der Waals surface area contributed by atoms with Gasteiger partial charge >= 0.3 is 0 Å². The smallest absolute Gasteiger partial charge is 0.270 e. The van der Waals surface area contributed by atoms with E-state index in [4.69, 9.17) is 34.8 Å². The minimum Gasteiger partial charge on any atom is -0.289 e. The molecule has 3 rings (SSSR count). The standard InChI is InChI=1S/C19H10Cl3NO3/c20-12-8-16(21)18(17(22)9-12)15-10-13(23(25)26)6-7-14(15)19(24)11-4-2-1-3-5-11/h1-10H. The molecule has 0 aliphatic heterocycles. The molecule has 0 bridgehead atoms. The lowest BCUT2D eigenvalue weighted by atomic mass is 9.93. The second kappa shape index (κ2) is 7.46. The van der Waals surface area contributed by atoms with Crippen molar-refractivity contribution in [1.29, 1.82) is 0 Å². The number of benzene rings is 3. The van der Waals surface area contributed by atoms with Crippen LogP contribution in [0.4, 0.5) is 5.69 Å². The Hall–Kier alpha value is -2.40. The van der Waals surface area contributed by atoms with Gasteiger partial charge in [0.05, 0.1) is 15.0 Å². The summed E-state index contributed by atoms with van der Waals surface area (Å²) in [6.45, 7) is 0. The number of hydrogen-bond acceptors (Lipinski definition) is 3.